The molecule has 0 spiro atoms. The molecule has 25 heavy (non-hydrogen) atoms. The molecule has 5 nitrogen and oxygen atoms in total. The second kappa shape index (κ2) is 8.64. The van der Waals surface area contributed by atoms with Crippen molar-refractivity contribution in [1.29, 1.82) is 0 Å². The van der Waals surface area contributed by atoms with Gasteiger partial charge in [0.25, 0.3) is 5.91 Å². The summed E-state index contributed by atoms with van der Waals surface area (Å²) in [7, 11) is 1.37. The van der Waals surface area contributed by atoms with Crippen LogP contribution in [0.5, 0.6) is 0 Å². The highest BCUT2D eigenvalue weighted by molar-refractivity contribution is 9.11. The van der Waals surface area contributed by atoms with Crippen LogP contribution in [0.25, 0.3) is 0 Å². The number of anilines is 1. The molecule has 2 aromatic rings. The van der Waals surface area contributed by atoms with Crippen molar-refractivity contribution >= 4 is 67.9 Å². The largest absolute Gasteiger partial charge is 0.465 e. The second-order valence-electron chi connectivity index (χ2n) is 5.38. The summed E-state index contributed by atoms with van der Waals surface area (Å²) < 4.78 is 5.84. The Bertz CT molecular complexity index is 790. The Morgan fingerprint density at radius 3 is 2.72 bits per heavy atom. The quantitative estimate of drug-likeness (QED) is 0.680. The predicted molar refractivity (Wildman–Crippen MR) is 108 cm³/mol. The first kappa shape index (κ1) is 20.4. The van der Waals surface area contributed by atoms with Crippen LogP contribution in [0.1, 0.15) is 37.4 Å². The Labute approximate surface area is 168 Å². The van der Waals surface area contributed by atoms with Crippen LogP contribution < -0.4 is 5.32 Å². The van der Waals surface area contributed by atoms with Crippen LogP contribution in [0.2, 0.25) is 0 Å². The molecule has 0 aliphatic carbocycles. The molecule has 0 unspecified atom stereocenters. The fraction of sp³-hybridized carbons (Fsp3) is 0.375. The van der Waals surface area contributed by atoms with Crippen molar-refractivity contribution in [2.24, 2.45) is 0 Å². The number of esters is 1. The van der Waals surface area contributed by atoms with Gasteiger partial charge >= 0.3 is 5.97 Å². The molecule has 3 rings (SSSR count). The Kier molecular flexibility index (Phi) is 7.04. The number of ether oxygens (including phenoxy) is 1. The third-order valence-electron chi connectivity index (χ3n) is 4.00. The average molecular weight is 466 g/mol. The summed E-state index contributed by atoms with van der Waals surface area (Å²) in [6.45, 7) is 4.81. The third-order valence-corrected chi connectivity index (χ3v) is 6.75. The second-order valence-corrected chi connectivity index (χ2v) is 8.94. The molecule has 0 bridgehead atoms. The fourth-order valence-electron chi connectivity index (χ4n) is 2.73. The number of amides is 1. The van der Waals surface area contributed by atoms with Crippen LogP contribution in [-0.2, 0) is 17.7 Å². The molecular weight excluding hydrogens is 448 g/mol. The van der Waals surface area contributed by atoms with Gasteiger partial charge in [-0.1, -0.05) is 6.92 Å². The number of carbonyl (C=O) groups is 2. The Balaban J connectivity index is 0.00000225. The molecule has 136 valence electrons. The minimum atomic E-state index is -0.389. The molecule has 0 radical (unpaired) electrons. The predicted octanol–water partition coefficient (Wildman–Crippen LogP) is 4.41. The highest BCUT2D eigenvalue weighted by Gasteiger charge is 2.29. The van der Waals surface area contributed by atoms with E-state index in [0.29, 0.717) is 15.4 Å². The summed E-state index contributed by atoms with van der Waals surface area (Å²) in [5, 5.41) is 3.48. The number of halogens is 2. The summed E-state index contributed by atoms with van der Waals surface area (Å²) in [5.74, 6) is -0.595. The summed E-state index contributed by atoms with van der Waals surface area (Å²) in [6.07, 6.45) is 0.796. The number of fused-ring (bicyclic) bond motifs is 1. The van der Waals surface area contributed by atoms with E-state index in [0.717, 1.165) is 40.3 Å². The van der Waals surface area contributed by atoms with Crippen LogP contribution in [0, 0.1) is 0 Å². The molecule has 0 saturated heterocycles. The third kappa shape index (κ3) is 4.25. The van der Waals surface area contributed by atoms with Crippen LogP contribution in [0.3, 0.4) is 0 Å². The summed E-state index contributed by atoms with van der Waals surface area (Å²) in [6, 6.07) is 3.59. The van der Waals surface area contributed by atoms with Crippen LogP contribution in [-0.4, -0.2) is 37.0 Å². The number of methoxy groups -OCH3 is 1. The van der Waals surface area contributed by atoms with E-state index in [1.807, 2.05) is 6.07 Å². The van der Waals surface area contributed by atoms with E-state index in [1.54, 1.807) is 6.07 Å². The van der Waals surface area contributed by atoms with Crippen molar-refractivity contribution in [1.82, 2.24) is 4.90 Å². The topological polar surface area (TPSA) is 58.6 Å². The fourth-order valence-corrected chi connectivity index (χ4v) is 5.29. The number of carbonyl (C=O) groups excluding carboxylic acids is 2. The maximum absolute atomic E-state index is 12.4. The van der Waals surface area contributed by atoms with Crippen LogP contribution in [0.15, 0.2) is 15.9 Å². The van der Waals surface area contributed by atoms with Gasteiger partial charge in [0.05, 0.1) is 21.3 Å². The minimum absolute atomic E-state index is 0. The van der Waals surface area contributed by atoms with Crippen molar-refractivity contribution in [3.05, 3.63) is 36.8 Å². The lowest BCUT2D eigenvalue weighted by molar-refractivity contribution is 0.0600. The lowest BCUT2D eigenvalue weighted by Crippen LogP contribution is -2.29. The molecule has 1 aliphatic rings. The molecule has 0 atom stereocenters. The summed E-state index contributed by atoms with van der Waals surface area (Å²) in [4.78, 5) is 28.8. The summed E-state index contributed by atoms with van der Waals surface area (Å²) >= 11 is 6.19. The molecule has 9 heteroatoms. The van der Waals surface area contributed by atoms with Gasteiger partial charge in [-0.2, -0.15) is 0 Å². The molecule has 0 saturated carbocycles. The number of thiophene rings is 2. The highest BCUT2D eigenvalue weighted by Crippen LogP contribution is 2.38. The molecule has 0 aromatic carbocycles. The molecule has 2 aromatic heterocycles. The molecule has 0 fully saturated rings. The number of hydrogen-bond donors (Lipinski definition) is 1. The molecular formula is C16H18BrClN2O3S2. The Morgan fingerprint density at radius 2 is 2.12 bits per heavy atom. The van der Waals surface area contributed by atoms with Crippen LogP contribution >= 0.6 is 51.0 Å². The maximum Gasteiger partial charge on any atom is 0.341 e. The van der Waals surface area contributed by atoms with Gasteiger partial charge in [0.2, 0.25) is 0 Å². The van der Waals surface area contributed by atoms with Crippen molar-refractivity contribution in [3.8, 4) is 0 Å². The van der Waals surface area contributed by atoms with Gasteiger partial charge in [-0.05, 0) is 46.6 Å². The smallest absolute Gasteiger partial charge is 0.341 e. The van der Waals surface area contributed by atoms with E-state index in [1.165, 1.54) is 29.8 Å². The first-order chi connectivity index (χ1) is 11.5. The van der Waals surface area contributed by atoms with Crippen molar-refractivity contribution in [2.45, 2.75) is 19.9 Å². The van der Waals surface area contributed by atoms with Gasteiger partial charge in [-0.15, -0.1) is 35.1 Å². The van der Waals surface area contributed by atoms with Crippen LogP contribution in [0.4, 0.5) is 5.00 Å². The van der Waals surface area contributed by atoms with Gasteiger partial charge in [-0.3, -0.25) is 9.69 Å². The minimum Gasteiger partial charge on any atom is -0.465 e. The Hall–Kier alpha value is -0.930. The summed E-state index contributed by atoms with van der Waals surface area (Å²) in [5.41, 5.74) is 1.52. The van der Waals surface area contributed by atoms with Gasteiger partial charge < -0.3 is 10.1 Å². The van der Waals surface area contributed by atoms with Gasteiger partial charge in [0.15, 0.2) is 0 Å². The number of hydrogen-bond acceptors (Lipinski definition) is 6. The SMILES string of the molecule is CCN1CCc2c(sc(NC(=O)c3ccc(Br)s3)c2C(=O)OC)C1.Cl. The number of rotatable bonds is 4. The lowest BCUT2D eigenvalue weighted by atomic mass is 10.0. The highest BCUT2D eigenvalue weighted by atomic mass is 79.9. The van der Waals surface area contributed by atoms with Gasteiger partial charge in [0.1, 0.15) is 5.00 Å². The zero-order valence-corrected chi connectivity index (χ0v) is 17.8. The van der Waals surface area contributed by atoms with E-state index in [4.69, 9.17) is 4.74 Å². The van der Waals surface area contributed by atoms with Crippen molar-refractivity contribution < 1.29 is 14.3 Å². The monoisotopic (exact) mass is 464 g/mol. The normalized spacial score (nSPS) is 13.7. The number of nitrogens with zero attached hydrogens (tertiary/aromatic N) is 1. The first-order valence-electron chi connectivity index (χ1n) is 7.55. The maximum atomic E-state index is 12.4. The van der Waals surface area contributed by atoms with Gasteiger partial charge in [0, 0.05) is 18.0 Å². The van der Waals surface area contributed by atoms with E-state index < -0.39 is 0 Å². The zero-order valence-electron chi connectivity index (χ0n) is 13.8. The molecule has 1 amide bonds. The first-order valence-corrected chi connectivity index (χ1v) is 9.98. The van der Waals surface area contributed by atoms with E-state index in [2.05, 4.69) is 33.1 Å². The lowest BCUT2D eigenvalue weighted by Gasteiger charge is -2.25. The average Bonchev–Trinajstić information content (AvgIpc) is 3.16. The van der Waals surface area contributed by atoms with E-state index in [9.17, 15) is 9.59 Å². The zero-order chi connectivity index (χ0) is 17.3. The van der Waals surface area contributed by atoms with Crippen molar-refractivity contribution in [3.63, 3.8) is 0 Å². The molecule has 1 aliphatic heterocycles. The van der Waals surface area contributed by atoms with E-state index in [-0.39, 0.29) is 24.3 Å². The number of likely N-dealkylation sites (N-methyl/N-ethyl adjacent to an activating group) is 1. The van der Waals surface area contributed by atoms with E-state index >= 15 is 0 Å². The molecule has 1 N–H and O–H groups in total. The molecule has 3 heterocycles. The van der Waals surface area contributed by atoms with Crippen molar-refractivity contribution in [2.75, 3.05) is 25.5 Å². The Morgan fingerprint density at radius 1 is 1.36 bits per heavy atom. The van der Waals surface area contributed by atoms with Gasteiger partial charge in [-0.25, -0.2) is 4.79 Å². The number of nitrogens with one attached hydrogen (secondary N) is 1. The standard InChI is InChI=1S/C16H17BrN2O3S2.ClH/c1-3-19-7-6-9-11(8-19)24-15(13(9)16(21)22-2)18-14(20)10-4-5-12(17)23-10;/h4-5H,3,6-8H2,1-2H3,(H,18,20);1H.